The molecule has 0 saturated heterocycles. The molecule has 0 spiro atoms. The molecule has 0 unspecified atom stereocenters. The lowest BCUT2D eigenvalue weighted by Gasteiger charge is -1.92. The lowest BCUT2D eigenvalue weighted by atomic mass is 10.4. The van der Waals surface area contributed by atoms with E-state index in [0.717, 1.165) is 22.3 Å². The van der Waals surface area contributed by atoms with Gasteiger partial charge in [0.15, 0.2) is 0 Å². The Bertz CT molecular complexity index is 648. The number of thiophene rings is 1. The Labute approximate surface area is 121 Å². The number of rotatable bonds is 5. The highest BCUT2D eigenvalue weighted by atomic mass is 79.9. The zero-order chi connectivity index (χ0) is 13.1. The Morgan fingerprint density at radius 3 is 3.16 bits per heavy atom. The van der Waals surface area contributed by atoms with Crippen LogP contribution in [0, 0.1) is 0 Å². The Morgan fingerprint density at radius 1 is 1.42 bits per heavy atom. The van der Waals surface area contributed by atoms with Crippen molar-refractivity contribution < 1.29 is 4.52 Å². The zero-order valence-electron chi connectivity index (χ0n) is 9.86. The minimum Gasteiger partial charge on any atom is -0.337 e. The van der Waals surface area contributed by atoms with Crippen molar-refractivity contribution in [2.24, 2.45) is 0 Å². The van der Waals surface area contributed by atoms with Gasteiger partial charge in [-0.05, 0) is 11.4 Å². The number of halogens is 1. The van der Waals surface area contributed by atoms with Crippen LogP contribution in [0.4, 0.5) is 0 Å². The molecule has 19 heavy (non-hydrogen) atoms. The third-order valence-corrected chi connectivity index (χ3v) is 3.71. The van der Waals surface area contributed by atoms with Crippen molar-refractivity contribution in [2.75, 3.05) is 5.33 Å². The van der Waals surface area contributed by atoms with E-state index in [1.54, 1.807) is 16.0 Å². The molecule has 0 saturated carbocycles. The minimum absolute atomic E-state index is 0.438. The van der Waals surface area contributed by atoms with Crippen LogP contribution in [0.25, 0.3) is 10.7 Å². The Morgan fingerprint density at radius 2 is 2.37 bits per heavy atom. The van der Waals surface area contributed by atoms with E-state index in [1.807, 2.05) is 23.7 Å². The number of hydrogen-bond acceptors (Lipinski definition) is 6. The van der Waals surface area contributed by atoms with E-state index in [2.05, 4.69) is 36.4 Å². The molecule has 3 heterocycles. The number of nitrogens with zero attached hydrogens (tertiary/aromatic N) is 5. The first kappa shape index (κ1) is 12.5. The van der Waals surface area contributed by atoms with Crippen molar-refractivity contribution in [3.63, 3.8) is 0 Å². The van der Waals surface area contributed by atoms with E-state index < -0.39 is 0 Å². The Kier molecular flexibility index (Phi) is 3.69. The Balaban J connectivity index is 1.72. The molecular formula is C11H10BrN5OS. The molecule has 0 aliphatic carbocycles. The standard InChI is InChI=1S/C11H10BrN5OS/c12-4-3-8-6-17(16-14-8)7-10-13-11(15-18-10)9-2-1-5-19-9/h1-2,5-6H,3-4,7H2. The summed E-state index contributed by atoms with van der Waals surface area (Å²) in [6.07, 6.45) is 2.74. The van der Waals surface area contributed by atoms with Gasteiger partial charge < -0.3 is 4.52 Å². The summed E-state index contributed by atoms with van der Waals surface area (Å²) >= 11 is 4.95. The summed E-state index contributed by atoms with van der Waals surface area (Å²) in [6.45, 7) is 0.438. The maximum atomic E-state index is 5.21. The molecule has 0 bridgehead atoms. The van der Waals surface area contributed by atoms with Gasteiger partial charge in [0.1, 0.15) is 6.54 Å². The lowest BCUT2D eigenvalue weighted by molar-refractivity contribution is 0.364. The first-order chi connectivity index (χ1) is 9.35. The lowest BCUT2D eigenvalue weighted by Crippen LogP contribution is -2.00. The van der Waals surface area contributed by atoms with Gasteiger partial charge in [-0.1, -0.05) is 32.4 Å². The molecule has 0 aliphatic heterocycles. The second-order valence-electron chi connectivity index (χ2n) is 3.84. The molecule has 3 aromatic rings. The highest BCUT2D eigenvalue weighted by Crippen LogP contribution is 2.21. The third kappa shape index (κ3) is 2.90. The van der Waals surface area contributed by atoms with E-state index in [-0.39, 0.29) is 0 Å². The monoisotopic (exact) mass is 339 g/mol. The fraction of sp³-hybridized carbons (Fsp3) is 0.273. The first-order valence-electron chi connectivity index (χ1n) is 5.66. The fourth-order valence-electron chi connectivity index (χ4n) is 1.59. The van der Waals surface area contributed by atoms with E-state index in [1.165, 1.54) is 0 Å². The predicted molar refractivity (Wildman–Crippen MR) is 74.2 cm³/mol. The van der Waals surface area contributed by atoms with Gasteiger partial charge in [-0.2, -0.15) is 4.98 Å². The van der Waals surface area contributed by atoms with Crippen molar-refractivity contribution in [3.8, 4) is 10.7 Å². The molecule has 0 atom stereocenters. The van der Waals surface area contributed by atoms with Crippen LogP contribution >= 0.6 is 27.3 Å². The van der Waals surface area contributed by atoms with Crippen LogP contribution < -0.4 is 0 Å². The minimum atomic E-state index is 0.438. The van der Waals surface area contributed by atoms with E-state index in [0.29, 0.717) is 18.3 Å². The van der Waals surface area contributed by atoms with Crippen LogP contribution in [-0.4, -0.2) is 30.5 Å². The van der Waals surface area contributed by atoms with Gasteiger partial charge in [-0.25, -0.2) is 4.68 Å². The van der Waals surface area contributed by atoms with E-state index >= 15 is 0 Å². The van der Waals surface area contributed by atoms with Gasteiger partial charge in [0.25, 0.3) is 0 Å². The average molecular weight is 340 g/mol. The molecule has 0 aliphatic rings. The maximum Gasteiger partial charge on any atom is 0.248 e. The summed E-state index contributed by atoms with van der Waals surface area (Å²) in [4.78, 5) is 5.33. The van der Waals surface area contributed by atoms with Crippen molar-refractivity contribution in [1.29, 1.82) is 0 Å². The van der Waals surface area contributed by atoms with E-state index in [9.17, 15) is 0 Å². The summed E-state index contributed by atoms with van der Waals surface area (Å²) in [5, 5.41) is 14.9. The molecule has 0 amide bonds. The largest absolute Gasteiger partial charge is 0.337 e. The molecule has 98 valence electrons. The van der Waals surface area contributed by atoms with Gasteiger partial charge in [0.2, 0.25) is 11.7 Å². The van der Waals surface area contributed by atoms with Crippen LogP contribution in [0.1, 0.15) is 11.6 Å². The van der Waals surface area contributed by atoms with Crippen LogP contribution in [0.3, 0.4) is 0 Å². The average Bonchev–Trinajstić information content (AvgIpc) is 3.10. The predicted octanol–water partition coefficient (Wildman–Crippen LogP) is 2.38. The van der Waals surface area contributed by atoms with Crippen molar-refractivity contribution in [1.82, 2.24) is 25.1 Å². The highest BCUT2D eigenvalue weighted by Gasteiger charge is 2.10. The quantitative estimate of drug-likeness (QED) is 0.667. The molecule has 0 aromatic carbocycles. The molecule has 8 heteroatoms. The van der Waals surface area contributed by atoms with Crippen molar-refractivity contribution in [2.45, 2.75) is 13.0 Å². The number of aryl methyl sites for hydroxylation is 1. The molecule has 3 rings (SSSR count). The third-order valence-electron chi connectivity index (χ3n) is 2.44. The smallest absolute Gasteiger partial charge is 0.248 e. The van der Waals surface area contributed by atoms with Crippen LogP contribution in [0.15, 0.2) is 28.2 Å². The number of alkyl halides is 1. The summed E-state index contributed by atoms with van der Waals surface area (Å²) in [7, 11) is 0. The zero-order valence-corrected chi connectivity index (χ0v) is 12.3. The number of hydrogen-bond donors (Lipinski definition) is 0. The molecule has 0 radical (unpaired) electrons. The van der Waals surface area contributed by atoms with Crippen LogP contribution in [0.5, 0.6) is 0 Å². The fourth-order valence-corrected chi connectivity index (χ4v) is 2.65. The first-order valence-corrected chi connectivity index (χ1v) is 7.66. The second-order valence-corrected chi connectivity index (χ2v) is 5.58. The molecule has 3 aromatic heterocycles. The number of aromatic nitrogens is 5. The molecule has 6 nitrogen and oxygen atoms in total. The van der Waals surface area contributed by atoms with Gasteiger partial charge in [0, 0.05) is 17.9 Å². The van der Waals surface area contributed by atoms with Crippen molar-refractivity contribution >= 4 is 27.3 Å². The summed E-state index contributed by atoms with van der Waals surface area (Å²) in [5.41, 5.74) is 0.940. The van der Waals surface area contributed by atoms with Gasteiger partial charge in [-0.3, -0.25) is 0 Å². The molecule has 0 fully saturated rings. The topological polar surface area (TPSA) is 69.6 Å². The van der Waals surface area contributed by atoms with Crippen molar-refractivity contribution in [3.05, 3.63) is 35.3 Å². The Hall–Kier alpha value is -1.54. The summed E-state index contributed by atoms with van der Waals surface area (Å²) in [5.74, 6) is 1.14. The normalized spacial score (nSPS) is 11.0. The van der Waals surface area contributed by atoms with E-state index in [4.69, 9.17) is 4.52 Å². The molecular weight excluding hydrogens is 330 g/mol. The maximum absolute atomic E-state index is 5.21. The second kappa shape index (κ2) is 5.62. The summed E-state index contributed by atoms with van der Waals surface area (Å²) < 4.78 is 6.91. The molecule has 0 N–H and O–H groups in total. The van der Waals surface area contributed by atoms with Crippen LogP contribution in [-0.2, 0) is 13.0 Å². The SMILES string of the molecule is BrCCc1cn(Cc2nc(-c3cccs3)no2)nn1. The van der Waals surface area contributed by atoms with Gasteiger partial charge in [-0.15, -0.1) is 16.4 Å². The highest BCUT2D eigenvalue weighted by molar-refractivity contribution is 9.09. The summed E-state index contributed by atoms with van der Waals surface area (Å²) in [6, 6.07) is 3.92. The van der Waals surface area contributed by atoms with Gasteiger partial charge in [0.05, 0.1) is 10.6 Å². The van der Waals surface area contributed by atoms with Crippen LogP contribution in [0.2, 0.25) is 0 Å². The van der Waals surface area contributed by atoms with Gasteiger partial charge >= 0.3 is 0 Å².